The summed E-state index contributed by atoms with van der Waals surface area (Å²) in [6.45, 7) is 12.1. The molecule has 14 heteroatoms. The average Bonchev–Trinajstić information content (AvgIpc) is 3.81. The highest BCUT2D eigenvalue weighted by atomic mass is 35.5. The summed E-state index contributed by atoms with van der Waals surface area (Å²) in [5.74, 6) is 2.04. The third kappa shape index (κ3) is 6.21. The zero-order valence-electron chi connectivity index (χ0n) is 29.9. The molecule has 2 atom stereocenters. The average molecular weight is 782 g/mol. The van der Waals surface area contributed by atoms with Gasteiger partial charge in [0, 0.05) is 54.9 Å². The molecule has 0 fully saturated rings. The van der Waals surface area contributed by atoms with Gasteiger partial charge in [0.2, 0.25) is 0 Å². The minimum atomic E-state index is -0.665. The van der Waals surface area contributed by atoms with E-state index in [2.05, 4.69) is 48.1 Å². The van der Waals surface area contributed by atoms with Crippen LogP contribution in [0.2, 0.25) is 10.0 Å². The van der Waals surface area contributed by atoms with Gasteiger partial charge in [-0.2, -0.15) is 0 Å². The van der Waals surface area contributed by atoms with Crippen LogP contribution in [-0.2, 0) is 9.59 Å². The molecule has 0 aliphatic carbocycles. The number of fused-ring (bicyclic) bond motifs is 6. The maximum Gasteiger partial charge on any atom is 0.163 e. The van der Waals surface area contributed by atoms with E-state index in [1.807, 2.05) is 71.5 Å². The molecule has 2 aliphatic rings. The molecule has 0 saturated carbocycles. The van der Waals surface area contributed by atoms with Crippen LogP contribution in [-0.4, -0.2) is 52.5 Å². The molecule has 4 aromatic heterocycles. The standard InChI is InChI=1S/C39H34Cl2N8O2S2/c1-18-20(3)52-38-32(18)34(24-7-11-26(40)12-8-24)42-30(36-46-44-22(5)48(36)38)16-28(50)15-29(51)17-31-37-47-45-23(6)49(37)39-33(19(2)21(4)53-39)35(43-31)25-9-13-27(41)14-10-25/h7-14,30-31H,15-17H2,1-6H3. The van der Waals surface area contributed by atoms with Crippen LogP contribution >= 0.6 is 45.9 Å². The van der Waals surface area contributed by atoms with Gasteiger partial charge in [0.05, 0.1) is 17.8 Å². The van der Waals surface area contributed by atoms with Crippen molar-refractivity contribution < 1.29 is 9.59 Å². The lowest BCUT2D eigenvalue weighted by Crippen LogP contribution is -2.17. The highest BCUT2D eigenvalue weighted by molar-refractivity contribution is 7.15. The summed E-state index contributed by atoms with van der Waals surface area (Å²) >= 11 is 15.8. The molecule has 268 valence electrons. The molecule has 10 nitrogen and oxygen atoms in total. The molecular weight excluding hydrogens is 748 g/mol. The van der Waals surface area contributed by atoms with E-state index in [4.69, 9.17) is 33.2 Å². The molecule has 0 saturated heterocycles. The van der Waals surface area contributed by atoms with Gasteiger partial charge in [-0.25, -0.2) is 0 Å². The number of halogens is 2. The second-order valence-corrected chi connectivity index (χ2v) is 16.8. The van der Waals surface area contributed by atoms with E-state index in [0.29, 0.717) is 33.3 Å². The molecule has 0 bridgehead atoms. The molecule has 6 aromatic rings. The second-order valence-electron chi connectivity index (χ2n) is 13.5. The summed E-state index contributed by atoms with van der Waals surface area (Å²) in [5.41, 5.74) is 7.42. The topological polar surface area (TPSA) is 120 Å². The van der Waals surface area contributed by atoms with Crippen molar-refractivity contribution in [3.05, 3.63) is 125 Å². The third-order valence-electron chi connectivity index (χ3n) is 9.95. The van der Waals surface area contributed by atoms with E-state index in [9.17, 15) is 9.59 Å². The number of aliphatic imine (C=N–C) groups is 2. The first kappa shape index (κ1) is 35.4. The van der Waals surface area contributed by atoms with Gasteiger partial charge in [-0.1, -0.05) is 47.5 Å². The van der Waals surface area contributed by atoms with Crippen LogP contribution in [0, 0.1) is 41.5 Å². The van der Waals surface area contributed by atoms with Gasteiger partial charge in [0.15, 0.2) is 11.6 Å². The summed E-state index contributed by atoms with van der Waals surface area (Å²) in [6, 6.07) is 13.8. The number of ketones is 2. The summed E-state index contributed by atoms with van der Waals surface area (Å²) in [4.78, 5) is 40.6. The van der Waals surface area contributed by atoms with Gasteiger partial charge in [-0.15, -0.1) is 43.1 Å². The van der Waals surface area contributed by atoms with Gasteiger partial charge in [0.1, 0.15) is 45.3 Å². The Morgan fingerprint density at radius 2 is 0.981 bits per heavy atom. The molecule has 2 aliphatic heterocycles. The fourth-order valence-electron chi connectivity index (χ4n) is 7.06. The third-order valence-corrected chi connectivity index (χ3v) is 12.8. The molecule has 2 aromatic carbocycles. The van der Waals surface area contributed by atoms with Gasteiger partial charge in [0.25, 0.3) is 0 Å². The number of carbonyl (C=O) groups excluding carboxylic acids is 2. The molecular formula is C39H34Cl2N8O2S2. The molecule has 6 heterocycles. The number of hydrogen-bond donors (Lipinski definition) is 0. The lowest BCUT2D eigenvalue weighted by Gasteiger charge is -2.14. The first-order valence-electron chi connectivity index (χ1n) is 17.2. The molecule has 2 unspecified atom stereocenters. The Morgan fingerprint density at radius 1 is 0.604 bits per heavy atom. The number of benzene rings is 2. The Hall–Kier alpha value is -4.62. The SMILES string of the molecule is Cc1sc2c(c1C)C(c1ccc(Cl)cc1)=NC(CC(=O)CC(=O)CC1N=C(c3ccc(Cl)cc3)c3c(sc(C)c3C)-n3c(C)nnc31)c1nnc(C)n1-2. The number of rotatable bonds is 8. The maximum absolute atomic E-state index is 13.9. The van der Waals surface area contributed by atoms with Crippen LogP contribution in [0.4, 0.5) is 0 Å². The Bertz CT molecular complexity index is 2350. The van der Waals surface area contributed by atoms with Crippen molar-refractivity contribution in [1.82, 2.24) is 29.5 Å². The number of carbonyl (C=O) groups is 2. The summed E-state index contributed by atoms with van der Waals surface area (Å²) < 4.78 is 4.00. The first-order valence-corrected chi connectivity index (χ1v) is 19.5. The molecule has 53 heavy (non-hydrogen) atoms. The quantitative estimate of drug-likeness (QED) is 0.142. The molecule has 0 spiro atoms. The lowest BCUT2D eigenvalue weighted by atomic mass is 9.98. The monoisotopic (exact) mass is 780 g/mol. The van der Waals surface area contributed by atoms with E-state index in [1.54, 1.807) is 22.7 Å². The van der Waals surface area contributed by atoms with E-state index < -0.39 is 12.1 Å². The molecule has 8 rings (SSSR count). The van der Waals surface area contributed by atoms with Crippen LogP contribution in [0.5, 0.6) is 0 Å². The van der Waals surface area contributed by atoms with Crippen molar-refractivity contribution in [2.24, 2.45) is 9.98 Å². The second kappa shape index (κ2) is 13.7. The predicted molar refractivity (Wildman–Crippen MR) is 210 cm³/mol. The zero-order valence-corrected chi connectivity index (χ0v) is 33.0. The first-order chi connectivity index (χ1) is 25.4. The van der Waals surface area contributed by atoms with Crippen molar-refractivity contribution in [3.63, 3.8) is 0 Å². The van der Waals surface area contributed by atoms with Gasteiger partial charge in [-0.3, -0.25) is 28.7 Å². The van der Waals surface area contributed by atoms with Gasteiger partial charge >= 0.3 is 0 Å². The maximum atomic E-state index is 13.9. The van der Waals surface area contributed by atoms with E-state index in [-0.39, 0.29) is 30.8 Å². The highest BCUT2D eigenvalue weighted by Gasteiger charge is 2.35. The Kier molecular flexibility index (Phi) is 9.13. The van der Waals surface area contributed by atoms with Crippen LogP contribution < -0.4 is 0 Å². The summed E-state index contributed by atoms with van der Waals surface area (Å²) in [6.07, 6.45) is -0.337. The van der Waals surface area contributed by atoms with Crippen molar-refractivity contribution in [3.8, 4) is 10.0 Å². The van der Waals surface area contributed by atoms with Crippen LogP contribution in [0.25, 0.3) is 10.0 Å². The van der Waals surface area contributed by atoms with Gasteiger partial charge in [-0.05, 0) is 76.9 Å². The predicted octanol–water partition coefficient (Wildman–Crippen LogP) is 8.92. The number of hydrogen-bond acceptors (Lipinski definition) is 10. The largest absolute Gasteiger partial charge is 0.299 e. The van der Waals surface area contributed by atoms with Crippen molar-refractivity contribution in [1.29, 1.82) is 0 Å². The Balaban J connectivity index is 1.12. The van der Waals surface area contributed by atoms with Crippen molar-refractivity contribution in [2.45, 2.75) is 72.9 Å². The number of aryl methyl sites for hydroxylation is 4. The molecule has 0 amide bonds. The van der Waals surface area contributed by atoms with Crippen LogP contribution in [0.3, 0.4) is 0 Å². The Morgan fingerprint density at radius 3 is 1.36 bits per heavy atom. The van der Waals surface area contributed by atoms with Gasteiger partial charge < -0.3 is 0 Å². The lowest BCUT2D eigenvalue weighted by molar-refractivity contribution is -0.127. The number of aromatic nitrogens is 6. The highest BCUT2D eigenvalue weighted by Crippen LogP contribution is 2.42. The number of Topliss-reactive ketones (excluding diaryl/α,β-unsaturated/α-hetero) is 2. The normalized spacial score (nSPS) is 16.2. The number of thiophene rings is 2. The van der Waals surface area contributed by atoms with E-state index in [0.717, 1.165) is 64.6 Å². The minimum Gasteiger partial charge on any atom is -0.299 e. The molecule has 0 radical (unpaired) electrons. The van der Waals surface area contributed by atoms with E-state index >= 15 is 0 Å². The Labute approximate surface area is 324 Å². The molecule has 0 N–H and O–H groups in total. The van der Waals surface area contributed by atoms with Crippen molar-refractivity contribution >= 4 is 68.9 Å². The minimum absolute atomic E-state index is 0.0249. The fourth-order valence-corrected chi connectivity index (χ4v) is 9.74. The number of nitrogens with zero attached hydrogens (tertiary/aromatic N) is 8. The smallest absolute Gasteiger partial charge is 0.163 e. The summed E-state index contributed by atoms with van der Waals surface area (Å²) in [5, 5.41) is 21.0. The zero-order chi connectivity index (χ0) is 37.3. The van der Waals surface area contributed by atoms with Crippen LogP contribution in [0.15, 0.2) is 58.5 Å². The summed E-state index contributed by atoms with van der Waals surface area (Å²) in [7, 11) is 0. The van der Waals surface area contributed by atoms with Crippen LogP contribution in [0.1, 0.15) is 97.8 Å². The van der Waals surface area contributed by atoms with Crippen molar-refractivity contribution in [2.75, 3.05) is 0 Å². The fraction of sp³-hybridized carbons (Fsp3) is 0.282. The van der Waals surface area contributed by atoms with E-state index in [1.165, 1.54) is 0 Å².